The fraction of sp³-hybridized carbons (Fsp3) is 0.700. The highest BCUT2D eigenvalue weighted by Crippen LogP contribution is 2.45. The van der Waals surface area contributed by atoms with Crippen LogP contribution in [0.5, 0.6) is 0 Å². The lowest BCUT2D eigenvalue weighted by Crippen LogP contribution is -2.08. The number of hydrogen-bond acceptors (Lipinski definition) is 1. The van der Waals surface area contributed by atoms with Gasteiger partial charge in [0.1, 0.15) is 13.8 Å². The topological polar surface area (TPSA) is 3.01 Å². The van der Waals surface area contributed by atoms with E-state index in [1.165, 1.54) is 6.42 Å². The Morgan fingerprint density at radius 1 is 1.50 bits per heavy atom. The normalized spacial score (nSPS) is 34.1. The standard InChI is InChI=1S/C10H17NS/c1-4-8-9(6-5-7-12)10(8)11(2)3/h5,7-10H,2,4,6H2,1,3H3/p+1. The van der Waals surface area contributed by atoms with E-state index in [0.717, 1.165) is 18.3 Å². The van der Waals surface area contributed by atoms with E-state index in [-0.39, 0.29) is 0 Å². The monoisotopic (exact) mass is 184 g/mol. The van der Waals surface area contributed by atoms with Crippen LogP contribution in [0.25, 0.3) is 0 Å². The van der Waals surface area contributed by atoms with Crippen molar-refractivity contribution in [3.05, 3.63) is 11.5 Å². The van der Waals surface area contributed by atoms with Crippen LogP contribution in [-0.4, -0.2) is 24.4 Å². The van der Waals surface area contributed by atoms with E-state index < -0.39 is 0 Å². The van der Waals surface area contributed by atoms with E-state index in [2.05, 4.69) is 44.0 Å². The molecule has 2 heteroatoms. The number of thiol groups is 1. The van der Waals surface area contributed by atoms with Crippen LogP contribution >= 0.6 is 12.6 Å². The Hall–Kier alpha value is -0.240. The number of nitrogens with zero attached hydrogens (tertiary/aromatic N) is 1. The second-order valence-corrected chi connectivity index (χ2v) is 3.90. The molecule has 3 atom stereocenters. The Kier molecular flexibility index (Phi) is 3.39. The fourth-order valence-corrected chi connectivity index (χ4v) is 2.28. The van der Waals surface area contributed by atoms with Crippen molar-refractivity contribution in [2.75, 3.05) is 7.05 Å². The SMILES string of the molecule is C=[N+](C)C1C(CC)C1CC=CS. The molecule has 1 saturated carbocycles. The molecule has 0 saturated heterocycles. The molecule has 0 aromatic rings. The zero-order chi connectivity index (χ0) is 9.14. The van der Waals surface area contributed by atoms with Crippen LogP contribution in [0.1, 0.15) is 19.8 Å². The first-order valence-electron chi connectivity index (χ1n) is 4.55. The molecule has 0 aliphatic heterocycles. The van der Waals surface area contributed by atoms with Crippen LogP contribution in [0, 0.1) is 11.8 Å². The summed E-state index contributed by atoms with van der Waals surface area (Å²) >= 11 is 4.05. The van der Waals surface area contributed by atoms with Gasteiger partial charge in [0.2, 0.25) is 0 Å². The first-order chi connectivity index (χ1) is 5.72. The highest BCUT2D eigenvalue weighted by atomic mass is 32.1. The van der Waals surface area contributed by atoms with Crippen molar-refractivity contribution in [3.8, 4) is 0 Å². The summed E-state index contributed by atoms with van der Waals surface area (Å²) in [4.78, 5) is 0. The van der Waals surface area contributed by atoms with Gasteiger partial charge in [-0.05, 0) is 18.2 Å². The summed E-state index contributed by atoms with van der Waals surface area (Å²) in [6.07, 6.45) is 4.57. The smallest absolute Gasteiger partial charge is 0.158 e. The lowest BCUT2D eigenvalue weighted by Gasteiger charge is -1.89. The Morgan fingerprint density at radius 3 is 2.50 bits per heavy atom. The van der Waals surface area contributed by atoms with Gasteiger partial charge in [0.05, 0.1) is 0 Å². The maximum Gasteiger partial charge on any atom is 0.158 e. The number of allylic oxidation sites excluding steroid dienone is 1. The van der Waals surface area contributed by atoms with Crippen LogP contribution in [-0.2, 0) is 0 Å². The van der Waals surface area contributed by atoms with Crippen LogP contribution in [0.4, 0.5) is 0 Å². The Labute approximate surface area is 80.6 Å². The van der Waals surface area contributed by atoms with Crippen molar-refractivity contribution in [3.63, 3.8) is 0 Å². The number of rotatable bonds is 4. The van der Waals surface area contributed by atoms with Gasteiger partial charge in [-0.3, -0.25) is 0 Å². The van der Waals surface area contributed by atoms with Gasteiger partial charge >= 0.3 is 0 Å². The lowest BCUT2D eigenvalue weighted by molar-refractivity contribution is -0.509. The Morgan fingerprint density at radius 2 is 2.17 bits per heavy atom. The first kappa shape index (κ1) is 9.85. The third-order valence-corrected chi connectivity index (χ3v) is 2.99. The van der Waals surface area contributed by atoms with Crippen LogP contribution in [0.2, 0.25) is 0 Å². The van der Waals surface area contributed by atoms with E-state index >= 15 is 0 Å². The van der Waals surface area contributed by atoms with Gasteiger partial charge in [-0.25, -0.2) is 4.58 Å². The predicted octanol–water partition coefficient (Wildman–Crippen LogP) is 2.19. The average Bonchev–Trinajstić information content (AvgIpc) is 2.74. The second kappa shape index (κ2) is 4.13. The van der Waals surface area contributed by atoms with E-state index in [4.69, 9.17) is 0 Å². The summed E-state index contributed by atoms with van der Waals surface area (Å²) in [5, 5.41) is 1.84. The molecular formula is C10H18NS+. The van der Waals surface area contributed by atoms with E-state index in [1.807, 2.05) is 5.41 Å². The molecule has 0 aromatic heterocycles. The molecule has 12 heavy (non-hydrogen) atoms. The molecule has 68 valence electrons. The first-order valence-corrected chi connectivity index (χ1v) is 5.06. The van der Waals surface area contributed by atoms with Gasteiger partial charge < -0.3 is 0 Å². The molecule has 0 heterocycles. The van der Waals surface area contributed by atoms with E-state index in [1.54, 1.807) is 0 Å². The van der Waals surface area contributed by atoms with Crippen molar-refractivity contribution in [1.29, 1.82) is 0 Å². The van der Waals surface area contributed by atoms with Crippen molar-refractivity contribution >= 4 is 19.3 Å². The van der Waals surface area contributed by atoms with Gasteiger partial charge in [0.15, 0.2) is 6.04 Å². The maximum atomic E-state index is 4.05. The molecule has 0 amide bonds. The van der Waals surface area contributed by atoms with E-state index in [9.17, 15) is 0 Å². The quantitative estimate of drug-likeness (QED) is 0.387. The fourth-order valence-electron chi connectivity index (χ4n) is 2.15. The highest BCUT2D eigenvalue weighted by Gasteiger charge is 2.54. The molecule has 1 nitrogen and oxygen atoms in total. The Bertz CT molecular complexity index is 198. The van der Waals surface area contributed by atoms with Crippen LogP contribution in [0.15, 0.2) is 11.5 Å². The Balaban J connectivity index is 2.42. The van der Waals surface area contributed by atoms with Crippen LogP contribution in [0.3, 0.4) is 0 Å². The summed E-state index contributed by atoms with van der Waals surface area (Å²) in [6.45, 7) is 6.20. The predicted molar refractivity (Wildman–Crippen MR) is 57.1 cm³/mol. The molecule has 0 spiro atoms. The molecular weight excluding hydrogens is 166 g/mol. The molecule has 1 aliphatic rings. The largest absolute Gasteiger partial charge is 0.242 e. The minimum atomic E-state index is 0.708. The summed E-state index contributed by atoms with van der Waals surface area (Å²) in [7, 11) is 2.07. The highest BCUT2D eigenvalue weighted by molar-refractivity contribution is 7.83. The summed E-state index contributed by atoms with van der Waals surface area (Å²) in [5.41, 5.74) is 0. The summed E-state index contributed by atoms with van der Waals surface area (Å²) in [5.74, 6) is 1.68. The molecule has 0 bridgehead atoms. The summed E-state index contributed by atoms with van der Waals surface area (Å²) in [6, 6.07) is 0.708. The molecule has 0 radical (unpaired) electrons. The van der Waals surface area contributed by atoms with Crippen molar-refractivity contribution in [1.82, 2.24) is 0 Å². The third kappa shape index (κ3) is 1.92. The van der Waals surface area contributed by atoms with Gasteiger partial charge in [-0.1, -0.05) is 13.0 Å². The zero-order valence-corrected chi connectivity index (χ0v) is 8.80. The minimum Gasteiger partial charge on any atom is -0.242 e. The van der Waals surface area contributed by atoms with Crippen molar-refractivity contribution in [2.45, 2.75) is 25.8 Å². The molecule has 0 N–H and O–H groups in total. The van der Waals surface area contributed by atoms with Crippen molar-refractivity contribution < 1.29 is 4.58 Å². The molecule has 3 unspecified atom stereocenters. The lowest BCUT2D eigenvalue weighted by atomic mass is 10.2. The number of hydrogen-bond donors (Lipinski definition) is 1. The van der Waals surface area contributed by atoms with Crippen molar-refractivity contribution in [2.24, 2.45) is 11.8 Å². The molecule has 0 aromatic carbocycles. The molecule has 1 fully saturated rings. The van der Waals surface area contributed by atoms with E-state index in [0.29, 0.717) is 6.04 Å². The molecule has 1 aliphatic carbocycles. The summed E-state index contributed by atoms with van der Waals surface area (Å²) < 4.78 is 2.10. The van der Waals surface area contributed by atoms with Crippen LogP contribution < -0.4 is 0 Å². The third-order valence-electron chi connectivity index (χ3n) is 2.78. The zero-order valence-electron chi connectivity index (χ0n) is 7.90. The second-order valence-electron chi connectivity index (χ2n) is 3.60. The van der Waals surface area contributed by atoms with Gasteiger partial charge in [0, 0.05) is 11.8 Å². The average molecular weight is 184 g/mol. The minimum absolute atomic E-state index is 0.708. The van der Waals surface area contributed by atoms with Gasteiger partial charge in [0.25, 0.3) is 0 Å². The molecule has 1 rings (SSSR count). The van der Waals surface area contributed by atoms with Gasteiger partial charge in [-0.15, -0.1) is 0 Å². The van der Waals surface area contributed by atoms with Gasteiger partial charge in [-0.2, -0.15) is 12.6 Å². The maximum absolute atomic E-state index is 4.05.